The van der Waals surface area contributed by atoms with Crippen molar-refractivity contribution in [3.05, 3.63) is 23.8 Å². The molecule has 1 N–H and O–H groups in total. The molecule has 0 heterocycles. The van der Waals surface area contributed by atoms with E-state index in [0.717, 1.165) is 17.7 Å². The number of carbonyl (C=O) groups excluding carboxylic acids is 2. The van der Waals surface area contributed by atoms with Crippen molar-refractivity contribution in [2.45, 2.75) is 68.7 Å². The summed E-state index contributed by atoms with van der Waals surface area (Å²) in [7, 11) is 0. The maximum absolute atomic E-state index is 17.0. The largest absolute Gasteiger partial charge is 0.390 e. The van der Waals surface area contributed by atoms with E-state index in [2.05, 4.69) is 13.8 Å². The number of rotatable bonds is 4. The van der Waals surface area contributed by atoms with Crippen molar-refractivity contribution in [3.8, 4) is 0 Å². The van der Waals surface area contributed by atoms with Gasteiger partial charge in [0.25, 0.3) is 0 Å². The van der Waals surface area contributed by atoms with Gasteiger partial charge < -0.3 is 5.11 Å². The fraction of sp³-hybridized carbons (Fsp3) is 0.739. The van der Waals surface area contributed by atoms with E-state index in [1.165, 1.54) is 6.08 Å². The summed E-state index contributed by atoms with van der Waals surface area (Å²) in [4.78, 5) is 25.3. The number of thioether (sulfide) groups is 2. The van der Waals surface area contributed by atoms with Crippen molar-refractivity contribution in [3.63, 3.8) is 0 Å². The van der Waals surface area contributed by atoms with E-state index in [4.69, 9.17) is 0 Å². The molecule has 4 aliphatic rings. The van der Waals surface area contributed by atoms with Crippen molar-refractivity contribution in [2.24, 2.45) is 22.7 Å². The molecule has 0 aliphatic heterocycles. The smallest absolute Gasteiger partial charge is 0.178 e. The molecule has 7 atom stereocenters. The first kappa shape index (κ1) is 21.6. The average molecular weight is 439 g/mol. The Bertz CT molecular complexity index is 810. The number of aliphatic hydroxyl groups is 1. The van der Waals surface area contributed by atoms with Gasteiger partial charge in [0.1, 0.15) is 4.08 Å². The standard InChI is InChI=1S/C23H31FO3S2/c1-5-10-29-23(28-4)18(26)12-17-16-7-6-14-11-15(25)8-9-20(14,2)22(16,24)19(27)13-21(17,23)3/h8-9,11,16-17,19,27H,5-7,10,12-13H2,1-4H3/t16-,17-,19-,20-,21-,22?,23+/m0/s1. The molecule has 6 heteroatoms. The van der Waals surface area contributed by atoms with E-state index in [-0.39, 0.29) is 23.9 Å². The van der Waals surface area contributed by atoms with Gasteiger partial charge in [0, 0.05) is 23.2 Å². The number of fused-ring (bicyclic) bond motifs is 5. The maximum Gasteiger partial charge on any atom is 0.178 e. The Labute approximate surface area is 181 Å². The zero-order valence-electron chi connectivity index (χ0n) is 17.7. The minimum atomic E-state index is -1.86. The molecule has 0 spiro atoms. The average Bonchev–Trinajstić information content (AvgIpc) is 2.89. The van der Waals surface area contributed by atoms with Crippen LogP contribution in [-0.2, 0) is 9.59 Å². The molecule has 0 aromatic carbocycles. The third-order valence-electron chi connectivity index (χ3n) is 8.35. The molecular formula is C23H31FO3S2. The lowest BCUT2D eigenvalue weighted by molar-refractivity contribution is -0.189. The molecule has 29 heavy (non-hydrogen) atoms. The number of halogens is 1. The second kappa shape index (κ2) is 6.96. The lowest BCUT2D eigenvalue weighted by atomic mass is 9.46. The minimum Gasteiger partial charge on any atom is -0.390 e. The summed E-state index contributed by atoms with van der Waals surface area (Å²) in [6.07, 6.45) is 8.34. The molecule has 1 unspecified atom stereocenters. The molecule has 4 aliphatic carbocycles. The van der Waals surface area contributed by atoms with Gasteiger partial charge in [-0.3, -0.25) is 9.59 Å². The first-order valence-corrected chi connectivity index (χ1v) is 12.9. The number of alkyl halides is 1. The van der Waals surface area contributed by atoms with Gasteiger partial charge in [0.05, 0.1) is 6.10 Å². The van der Waals surface area contributed by atoms with Crippen molar-refractivity contribution < 1.29 is 19.1 Å². The molecule has 0 aromatic rings. The molecule has 3 nitrogen and oxygen atoms in total. The van der Waals surface area contributed by atoms with Crippen LogP contribution in [-0.4, -0.2) is 44.5 Å². The molecule has 0 bridgehead atoms. The SMILES string of the molecule is CCCS[C@]1(SC)C(=O)C[C@H]2[C@@H]3CCC4=CC(=O)C=C[C@]4(C)C3(F)[C@@H](O)C[C@@]21C. The summed E-state index contributed by atoms with van der Waals surface area (Å²) in [5.41, 5.74) is -2.51. The molecule has 3 saturated carbocycles. The van der Waals surface area contributed by atoms with E-state index in [1.54, 1.807) is 35.7 Å². The molecule has 0 saturated heterocycles. The van der Waals surface area contributed by atoms with Crippen LogP contribution in [0, 0.1) is 22.7 Å². The Hall–Kier alpha value is -0.590. The number of hydrogen-bond donors (Lipinski definition) is 1. The summed E-state index contributed by atoms with van der Waals surface area (Å²) in [5.74, 6) is 0.490. The van der Waals surface area contributed by atoms with Crippen molar-refractivity contribution in [1.29, 1.82) is 0 Å². The highest BCUT2D eigenvalue weighted by Crippen LogP contribution is 2.72. The molecule has 160 valence electrons. The number of aliphatic hydroxyl groups excluding tert-OH is 1. The van der Waals surface area contributed by atoms with Crippen LogP contribution in [0.3, 0.4) is 0 Å². The van der Waals surface area contributed by atoms with Gasteiger partial charge in [0.15, 0.2) is 17.2 Å². The van der Waals surface area contributed by atoms with Crippen LogP contribution in [0.4, 0.5) is 4.39 Å². The molecule has 0 amide bonds. The molecule has 3 fully saturated rings. The fourth-order valence-corrected chi connectivity index (χ4v) is 9.90. The van der Waals surface area contributed by atoms with Crippen LogP contribution in [0.2, 0.25) is 0 Å². The number of ketones is 2. The van der Waals surface area contributed by atoms with Crippen molar-refractivity contribution in [2.75, 3.05) is 12.0 Å². The number of hydrogen-bond acceptors (Lipinski definition) is 5. The normalized spacial score (nSPS) is 48.8. The van der Waals surface area contributed by atoms with Crippen LogP contribution >= 0.6 is 23.5 Å². The zero-order chi connectivity index (χ0) is 21.2. The third-order valence-corrected chi connectivity index (χ3v) is 12.2. The highest BCUT2D eigenvalue weighted by molar-refractivity contribution is 8.19. The highest BCUT2D eigenvalue weighted by atomic mass is 32.2. The summed E-state index contributed by atoms with van der Waals surface area (Å²) >= 11 is 3.28. The molecule has 0 radical (unpaired) electrons. The summed E-state index contributed by atoms with van der Waals surface area (Å²) < 4.78 is 16.4. The Morgan fingerprint density at radius 1 is 1.28 bits per heavy atom. The second-order valence-corrected chi connectivity index (χ2v) is 12.1. The molecule has 0 aromatic heterocycles. The summed E-state index contributed by atoms with van der Waals surface area (Å²) in [6.45, 7) is 6.04. The summed E-state index contributed by atoms with van der Waals surface area (Å²) in [5, 5.41) is 11.3. The number of carbonyl (C=O) groups is 2. The lowest BCUT2D eigenvalue weighted by Crippen LogP contribution is -2.67. The lowest BCUT2D eigenvalue weighted by Gasteiger charge is -2.62. The van der Waals surface area contributed by atoms with Crippen LogP contribution in [0.5, 0.6) is 0 Å². The zero-order valence-corrected chi connectivity index (χ0v) is 19.3. The van der Waals surface area contributed by atoms with Crippen molar-refractivity contribution >= 4 is 35.1 Å². The third kappa shape index (κ3) is 2.54. The van der Waals surface area contributed by atoms with Gasteiger partial charge in [-0.25, -0.2) is 4.39 Å². The fourth-order valence-electron chi connectivity index (χ4n) is 6.87. The second-order valence-electron chi connectivity index (χ2n) is 9.56. The van der Waals surface area contributed by atoms with E-state index < -0.39 is 32.6 Å². The predicted molar refractivity (Wildman–Crippen MR) is 118 cm³/mol. The molecule has 4 rings (SSSR count). The van der Waals surface area contributed by atoms with Gasteiger partial charge in [0.2, 0.25) is 0 Å². The van der Waals surface area contributed by atoms with Crippen molar-refractivity contribution in [1.82, 2.24) is 0 Å². The first-order valence-electron chi connectivity index (χ1n) is 10.6. The highest BCUT2D eigenvalue weighted by Gasteiger charge is 2.75. The monoisotopic (exact) mass is 438 g/mol. The van der Waals surface area contributed by atoms with Gasteiger partial charge in [-0.2, -0.15) is 0 Å². The van der Waals surface area contributed by atoms with Crippen LogP contribution in [0.15, 0.2) is 23.8 Å². The number of Topliss-reactive ketones (excluding diaryl/α,β-unsaturated/α-hetero) is 1. The minimum absolute atomic E-state index is 0.0930. The van der Waals surface area contributed by atoms with Gasteiger partial charge in [-0.15, -0.1) is 23.5 Å². The van der Waals surface area contributed by atoms with Crippen LogP contribution < -0.4 is 0 Å². The Morgan fingerprint density at radius 3 is 2.66 bits per heavy atom. The van der Waals surface area contributed by atoms with Gasteiger partial charge >= 0.3 is 0 Å². The maximum atomic E-state index is 17.0. The quantitative estimate of drug-likeness (QED) is 0.643. The van der Waals surface area contributed by atoms with Gasteiger partial charge in [-0.05, 0) is 62.7 Å². The Kier molecular flexibility index (Phi) is 5.19. The van der Waals surface area contributed by atoms with Gasteiger partial charge in [-0.1, -0.05) is 25.5 Å². The van der Waals surface area contributed by atoms with E-state index in [9.17, 15) is 14.7 Å². The summed E-state index contributed by atoms with van der Waals surface area (Å²) in [6, 6.07) is 0. The molecular weight excluding hydrogens is 407 g/mol. The number of allylic oxidation sites excluding steroid dienone is 4. The Morgan fingerprint density at radius 2 is 2.00 bits per heavy atom. The Balaban J connectivity index is 1.81. The van der Waals surface area contributed by atoms with E-state index in [0.29, 0.717) is 19.3 Å². The van der Waals surface area contributed by atoms with Crippen LogP contribution in [0.1, 0.15) is 52.9 Å². The first-order chi connectivity index (χ1) is 13.6. The van der Waals surface area contributed by atoms with E-state index in [1.807, 2.05) is 13.2 Å². The topological polar surface area (TPSA) is 54.4 Å². The van der Waals surface area contributed by atoms with Crippen LogP contribution in [0.25, 0.3) is 0 Å². The predicted octanol–water partition coefficient (Wildman–Crippen LogP) is 4.74. The van der Waals surface area contributed by atoms with E-state index >= 15 is 4.39 Å².